The highest BCUT2D eigenvalue weighted by Gasteiger charge is 2.58. The van der Waals surface area contributed by atoms with E-state index in [2.05, 4.69) is 0 Å². The first-order valence-corrected chi connectivity index (χ1v) is 5.38. The number of primary amides is 2. The first-order valence-electron chi connectivity index (χ1n) is 5.38. The third kappa shape index (κ3) is 1.77. The summed E-state index contributed by atoms with van der Waals surface area (Å²) >= 11 is 0. The summed E-state index contributed by atoms with van der Waals surface area (Å²) in [5.41, 5.74) is 8.47. The van der Waals surface area contributed by atoms with Crippen LogP contribution in [-0.2, 0) is 9.59 Å². The van der Waals surface area contributed by atoms with E-state index < -0.39 is 39.7 Å². The van der Waals surface area contributed by atoms with Crippen molar-refractivity contribution >= 4 is 11.8 Å². The number of hydrogen-bond acceptors (Lipinski definition) is 4. The third-order valence-corrected chi connectivity index (χ3v) is 3.29. The van der Waals surface area contributed by atoms with Gasteiger partial charge in [0.15, 0.2) is 5.41 Å². The molecular formula is C11H15N3O4. The quantitative estimate of drug-likeness (QED) is 0.537. The zero-order valence-corrected chi connectivity index (χ0v) is 10.1. The molecule has 0 aromatic carbocycles. The summed E-state index contributed by atoms with van der Waals surface area (Å²) in [6.45, 7) is 3.19. The van der Waals surface area contributed by atoms with Crippen LogP contribution in [0.5, 0.6) is 0 Å². The molecule has 0 aromatic heterocycles. The van der Waals surface area contributed by atoms with Crippen LogP contribution in [0.2, 0.25) is 0 Å². The van der Waals surface area contributed by atoms with Crippen LogP contribution < -0.4 is 11.5 Å². The van der Waals surface area contributed by atoms with Crippen molar-refractivity contribution in [1.29, 1.82) is 0 Å². The fraction of sp³-hybridized carbons (Fsp3) is 0.455. The van der Waals surface area contributed by atoms with Crippen molar-refractivity contribution in [2.24, 2.45) is 28.7 Å². The molecule has 98 valence electrons. The lowest BCUT2D eigenvalue weighted by Crippen LogP contribution is -2.54. The molecule has 1 aliphatic carbocycles. The molecule has 0 bridgehead atoms. The van der Waals surface area contributed by atoms with Gasteiger partial charge in [0.25, 0.3) is 5.70 Å². The Labute approximate surface area is 104 Å². The van der Waals surface area contributed by atoms with E-state index in [0.717, 1.165) is 0 Å². The summed E-state index contributed by atoms with van der Waals surface area (Å²) in [6, 6.07) is 0. The molecule has 1 aliphatic rings. The van der Waals surface area contributed by atoms with Gasteiger partial charge in [-0.3, -0.25) is 19.7 Å². The van der Waals surface area contributed by atoms with Gasteiger partial charge in [0.1, 0.15) is 0 Å². The maximum Gasteiger partial charge on any atom is 0.263 e. The van der Waals surface area contributed by atoms with Crippen molar-refractivity contribution in [3.63, 3.8) is 0 Å². The van der Waals surface area contributed by atoms with Crippen molar-refractivity contribution in [3.8, 4) is 0 Å². The van der Waals surface area contributed by atoms with Gasteiger partial charge in [0.2, 0.25) is 11.8 Å². The molecule has 1 rings (SSSR count). The lowest BCUT2D eigenvalue weighted by molar-refractivity contribution is -0.441. The molecule has 7 nitrogen and oxygen atoms in total. The second kappa shape index (κ2) is 4.59. The number of carbonyl (C=O) groups is 2. The van der Waals surface area contributed by atoms with E-state index in [1.165, 1.54) is 18.2 Å². The van der Waals surface area contributed by atoms with Gasteiger partial charge in [0.05, 0.1) is 10.8 Å². The highest BCUT2D eigenvalue weighted by Crippen LogP contribution is 2.45. The van der Waals surface area contributed by atoms with Gasteiger partial charge >= 0.3 is 0 Å². The van der Waals surface area contributed by atoms with Gasteiger partial charge < -0.3 is 11.5 Å². The molecule has 0 fully saturated rings. The number of nitrogens with two attached hydrogens (primary N) is 2. The summed E-state index contributed by atoms with van der Waals surface area (Å²) in [6.07, 6.45) is 3.90. The Balaban J connectivity index is 3.57. The van der Waals surface area contributed by atoms with Crippen molar-refractivity contribution in [2.75, 3.05) is 0 Å². The predicted molar refractivity (Wildman–Crippen MR) is 63.4 cm³/mol. The van der Waals surface area contributed by atoms with Gasteiger partial charge in [-0.05, 0) is 5.92 Å². The maximum absolute atomic E-state index is 11.8. The molecule has 2 unspecified atom stereocenters. The van der Waals surface area contributed by atoms with E-state index in [4.69, 9.17) is 11.5 Å². The van der Waals surface area contributed by atoms with Crippen LogP contribution in [0.25, 0.3) is 0 Å². The summed E-state index contributed by atoms with van der Waals surface area (Å²) in [7, 11) is 0. The first kappa shape index (κ1) is 13.9. The molecule has 0 aromatic rings. The molecule has 0 aliphatic heterocycles. The number of carbonyl (C=O) groups excluding carboxylic acids is 2. The molecule has 0 spiro atoms. The Kier molecular flexibility index (Phi) is 3.54. The molecule has 0 heterocycles. The summed E-state index contributed by atoms with van der Waals surface area (Å²) in [5, 5.41) is 11.1. The van der Waals surface area contributed by atoms with Crippen LogP contribution >= 0.6 is 0 Å². The molecule has 0 saturated carbocycles. The zero-order chi connectivity index (χ0) is 14.1. The zero-order valence-electron chi connectivity index (χ0n) is 10.1. The number of amides is 2. The average molecular weight is 253 g/mol. The van der Waals surface area contributed by atoms with Gasteiger partial charge in [0, 0.05) is 6.08 Å². The van der Waals surface area contributed by atoms with Crippen LogP contribution in [0.1, 0.15) is 13.8 Å². The monoisotopic (exact) mass is 253 g/mol. The SMILES string of the molecule is CC(C)C1(C(N)=O)C([N+](=O)[O-])=CC=CC1C(N)=O. The van der Waals surface area contributed by atoms with Crippen molar-refractivity contribution in [3.05, 3.63) is 34.0 Å². The molecule has 0 radical (unpaired) electrons. The molecule has 2 atom stereocenters. The van der Waals surface area contributed by atoms with Gasteiger partial charge in [-0.1, -0.05) is 26.0 Å². The van der Waals surface area contributed by atoms with E-state index in [0.29, 0.717) is 0 Å². The smallest absolute Gasteiger partial charge is 0.263 e. The number of allylic oxidation sites excluding steroid dienone is 2. The van der Waals surface area contributed by atoms with Crippen LogP contribution in [0.4, 0.5) is 0 Å². The largest absolute Gasteiger partial charge is 0.369 e. The number of nitrogens with zero attached hydrogens (tertiary/aromatic N) is 1. The number of hydrogen-bond donors (Lipinski definition) is 2. The molecule has 7 heteroatoms. The minimum absolute atomic E-state index is 0.392. The van der Waals surface area contributed by atoms with Crippen LogP contribution in [0.3, 0.4) is 0 Å². The van der Waals surface area contributed by atoms with E-state index in [1.807, 2.05) is 0 Å². The molecule has 18 heavy (non-hydrogen) atoms. The lowest BCUT2D eigenvalue weighted by atomic mass is 9.62. The second-order valence-electron chi connectivity index (χ2n) is 4.46. The minimum Gasteiger partial charge on any atom is -0.369 e. The van der Waals surface area contributed by atoms with E-state index >= 15 is 0 Å². The third-order valence-electron chi connectivity index (χ3n) is 3.29. The summed E-state index contributed by atoms with van der Waals surface area (Å²) < 4.78 is 0. The topological polar surface area (TPSA) is 129 Å². The predicted octanol–water partition coefficient (Wildman–Crippen LogP) is -0.0540. The van der Waals surface area contributed by atoms with Gasteiger partial charge in [-0.15, -0.1) is 0 Å². The highest BCUT2D eigenvalue weighted by molar-refractivity contribution is 5.93. The Hall–Kier alpha value is -2.18. The fourth-order valence-corrected chi connectivity index (χ4v) is 2.46. The standard InChI is InChI=1S/C11H15N3O4/c1-6(2)11(10(13)16)7(9(12)15)4-3-5-8(11)14(17)18/h3-7H,1-2H3,(H2,12,15)(H2,13,16). The fourth-order valence-electron chi connectivity index (χ4n) is 2.46. The minimum atomic E-state index is -1.70. The van der Waals surface area contributed by atoms with Crippen LogP contribution in [-0.4, -0.2) is 16.7 Å². The van der Waals surface area contributed by atoms with Crippen molar-refractivity contribution in [2.45, 2.75) is 13.8 Å². The maximum atomic E-state index is 11.8. The van der Waals surface area contributed by atoms with Crippen molar-refractivity contribution < 1.29 is 14.5 Å². The van der Waals surface area contributed by atoms with Crippen molar-refractivity contribution in [1.82, 2.24) is 0 Å². The Morgan fingerprint density at radius 2 is 2.00 bits per heavy atom. The average Bonchev–Trinajstić information content (AvgIpc) is 2.26. The number of nitro groups is 1. The highest BCUT2D eigenvalue weighted by atomic mass is 16.6. The summed E-state index contributed by atoms with van der Waals surface area (Å²) in [4.78, 5) is 33.6. The summed E-state index contributed by atoms with van der Waals surface area (Å²) in [5.74, 6) is -3.38. The van der Waals surface area contributed by atoms with E-state index in [1.54, 1.807) is 13.8 Å². The molecule has 0 saturated heterocycles. The van der Waals surface area contributed by atoms with Gasteiger partial charge in [-0.25, -0.2) is 0 Å². The Bertz CT molecular complexity index is 467. The second-order valence-corrected chi connectivity index (χ2v) is 4.46. The number of rotatable bonds is 4. The molecule has 4 N–H and O–H groups in total. The molecular weight excluding hydrogens is 238 g/mol. The first-order chi connectivity index (χ1) is 8.26. The van der Waals surface area contributed by atoms with E-state index in [-0.39, 0.29) is 0 Å². The van der Waals surface area contributed by atoms with E-state index in [9.17, 15) is 19.7 Å². The Morgan fingerprint density at radius 1 is 1.44 bits per heavy atom. The van der Waals surface area contributed by atoms with Crippen LogP contribution in [0.15, 0.2) is 23.9 Å². The normalized spacial score (nSPS) is 26.8. The Morgan fingerprint density at radius 3 is 2.33 bits per heavy atom. The van der Waals surface area contributed by atoms with Crippen LogP contribution in [0, 0.1) is 27.4 Å². The van der Waals surface area contributed by atoms with Gasteiger partial charge in [-0.2, -0.15) is 0 Å². The molecule has 2 amide bonds. The lowest BCUT2D eigenvalue weighted by Gasteiger charge is -2.37.